The van der Waals surface area contributed by atoms with Gasteiger partial charge in [0.15, 0.2) is 0 Å². The maximum absolute atomic E-state index is 8.87. The Hall–Kier alpha value is -1.55. The molecule has 2 aromatic rings. The highest BCUT2D eigenvalue weighted by Crippen LogP contribution is 2.12. The van der Waals surface area contributed by atoms with Crippen molar-refractivity contribution in [2.45, 2.75) is 0 Å². The molecule has 1 aromatic carbocycles. The highest BCUT2D eigenvalue weighted by atomic mass is 32.1. The molecule has 0 saturated carbocycles. The minimum absolute atomic E-state index is 0.570. The van der Waals surface area contributed by atoms with Crippen molar-refractivity contribution in [3.63, 3.8) is 0 Å². The fraction of sp³-hybridized carbons (Fsp3) is 0. The molecular weight excluding hydrogens is 186 g/mol. The smallest absolute Gasteiger partial charge is 0.0872 e. The van der Waals surface area contributed by atoms with Gasteiger partial charge >= 0.3 is 0 Å². The Balaban J connectivity index is 2.99. The van der Waals surface area contributed by atoms with Gasteiger partial charge in [-0.2, -0.15) is 0 Å². The molecule has 0 radical (unpaired) electrons. The Kier molecular flexibility index (Phi) is 1.90. The summed E-state index contributed by atoms with van der Waals surface area (Å²) in [4.78, 5) is 4.09. The largest absolute Gasteiger partial charge is 0.515 e. The predicted molar refractivity (Wildman–Crippen MR) is 53.1 cm³/mol. The van der Waals surface area contributed by atoms with Gasteiger partial charge in [-0.25, -0.2) is 4.98 Å². The van der Waals surface area contributed by atoms with Crippen molar-refractivity contribution in [2.75, 3.05) is 0 Å². The highest BCUT2D eigenvalue weighted by molar-refractivity contribution is 7.16. The van der Waals surface area contributed by atoms with Crippen LogP contribution in [0, 0.1) is 0 Å². The van der Waals surface area contributed by atoms with Crippen molar-refractivity contribution >= 4 is 34.1 Å². The maximum Gasteiger partial charge on any atom is 0.0872 e. The van der Waals surface area contributed by atoms with Gasteiger partial charge in [0.2, 0.25) is 0 Å². The SMILES string of the molecule is OC=c1cc2ncsc2cc1=CO. The summed E-state index contributed by atoms with van der Waals surface area (Å²) in [6.45, 7) is 0. The molecule has 0 saturated heterocycles. The lowest BCUT2D eigenvalue weighted by Gasteiger charge is -1.89. The van der Waals surface area contributed by atoms with E-state index >= 15 is 0 Å². The summed E-state index contributed by atoms with van der Waals surface area (Å²) < 4.78 is 0.992. The second-order valence-electron chi connectivity index (χ2n) is 2.56. The van der Waals surface area contributed by atoms with Gasteiger partial charge in [0.1, 0.15) is 0 Å². The Morgan fingerprint density at radius 1 is 1.15 bits per heavy atom. The number of hydrogen-bond donors (Lipinski definition) is 2. The molecule has 3 nitrogen and oxygen atoms in total. The van der Waals surface area contributed by atoms with Gasteiger partial charge in [0.05, 0.1) is 28.3 Å². The van der Waals surface area contributed by atoms with Crippen LogP contribution >= 0.6 is 11.3 Å². The van der Waals surface area contributed by atoms with E-state index in [1.54, 1.807) is 17.6 Å². The molecule has 2 N–H and O–H groups in total. The molecule has 0 aliphatic rings. The van der Waals surface area contributed by atoms with Crippen LogP contribution in [0.25, 0.3) is 22.7 Å². The van der Waals surface area contributed by atoms with Crippen LogP contribution in [-0.2, 0) is 0 Å². The van der Waals surface area contributed by atoms with Gasteiger partial charge in [0.25, 0.3) is 0 Å². The Labute approximate surface area is 77.9 Å². The highest BCUT2D eigenvalue weighted by Gasteiger charge is 1.96. The van der Waals surface area contributed by atoms with Crippen molar-refractivity contribution in [3.8, 4) is 0 Å². The lowest BCUT2D eigenvalue weighted by Crippen LogP contribution is -2.23. The Morgan fingerprint density at radius 3 is 2.54 bits per heavy atom. The third kappa shape index (κ3) is 1.25. The first kappa shape index (κ1) is 8.07. The monoisotopic (exact) mass is 193 g/mol. The maximum atomic E-state index is 8.87. The van der Waals surface area contributed by atoms with Crippen molar-refractivity contribution in [2.24, 2.45) is 0 Å². The number of aromatic nitrogens is 1. The second-order valence-corrected chi connectivity index (χ2v) is 3.45. The van der Waals surface area contributed by atoms with Crippen LogP contribution in [0.15, 0.2) is 17.6 Å². The first-order valence-electron chi connectivity index (χ1n) is 3.67. The number of thiazole rings is 1. The van der Waals surface area contributed by atoms with Gasteiger partial charge in [-0.15, -0.1) is 11.3 Å². The van der Waals surface area contributed by atoms with Crippen LogP contribution in [0.5, 0.6) is 0 Å². The van der Waals surface area contributed by atoms with Gasteiger partial charge in [-0.3, -0.25) is 0 Å². The predicted octanol–water partition coefficient (Wildman–Crippen LogP) is 0.888. The van der Waals surface area contributed by atoms with E-state index in [9.17, 15) is 0 Å². The summed E-state index contributed by atoms with van der Waals surface area (Å²) in [7, 11) is 0. The van der Waals surface area contributed by atoms with Crippen LogP contribution in [0.3, 0.4) is 0 Å². The topological polar surface area (TPSA) is 53.4 Å². The van der Waals surface area contributed by atoms with Crippen molar-refractivity contribution < 1.29 is 10.2 Å². The molecule has 0 aliphatic heterocycles. The number of nitrogens with zero attached hydrogens (tertiary/aromatic N) is 1. The lowest BCUT2D eigenvalue weighted by atomic mass is 10.2. The number of aliphatic hydroxyl groups is 2. The summed E-state index contributed by atoms with van der Waals surface area (Å²) in [6, 6.07) is 3.52. The molecule has 0 unspecified atom stereocenters. The summed E-state index contributed by atoms with van der Waals surface area (Å²) in [5.41, 5.74) is 2.56. The van der Waals surface area contributed by atoms with Gasteiger partial charge < -0.3 is 10.2 Å². The fourth-order valence-electron chi connectivity index (χ4n) is 1.16. The normalized spacial score (nSPS) is 14.2. The molecule has 0 aliphatic carbocycles. The van der Waals surface area contributed by atoms with E-state index in [0.29, 0.717) is 10.4 Å². The average Bonchev–Trinajstić information content (AvgIpc) is 2.62. The molecular formula is C9H7NO2S. The van der Waals surface area contributed by atoms with Crippen LogP contribution < -0.4 is 10.4 Å². The molecule has 2 rings (SSSR count). The zero-order valence-electron chi connectivity index (χ0n) is 6.64. The number of aliphatic hydroxyl groups excluding tert-OH is 2. The second kappa shape index (κ2) is 3.06. The van der Waals surface area contributed by atoms with Gasteiger partial charge in [-0.05, 0) is 12.1 Å². The summed E-state index contributed by atoms with van der Waals surface area (Å²) >= 11 is 1.50. The molecule has 0 bridgehead atoms. The van der Waals surface area contributed by atoms with Crippen molar-refractivity contribution in [1.82, 2.24) is 4.98 Å². The summed E-state index contributed by atoms with van der Waals surface area (Å²) in [6.07, 6.45) is 1.93. The molecule has 1 aromatic heterocycles. The van der Waals surface area contributed by atoms with Crippen LogP contribution in [0.2, 0.25) is 0 Å². The van der Waals surface area contributed by atoms with E-state index in [1.807, 2.05) is 0 Å². The molecule has 0 spiro atoms. The standard InChI is InChI=1S/C9H7NO2S/c11-3-6-1-8-9(13-5-10-8)2-7(6)4-12/h1-5,11-12H. The number of hydrogen-bond acceptors (Lipinski definition) is 4. The Morgan fingerprint density at radius 2 is 1.85 bits per heavy atom. The fourth-order valence-corrected chi connectivity index (χ4v) is 1.87. The first-order chi connectivity index (χ1) is 6.35. The van der Waals surface area contributed by atoms with E-state index in [1.165, 1.54) is 11.3 Å². The zero-order chi connectivity index (χ0) is 9.26. The summed E-state index contributed by atoms with van der Waals surface area (Å²) in [5.74, 6) is 0. The molecule has 0 fully saturated rings. The van der Waals surface area contributed by atoms with Crippen LogP contribution in [-0.4, -0.2) is 15.2 Å². The molecule has 13 heavy (non-hydrogen) atoms. The Bertz CT molecular complexity index is 496. The van der Waals surface area contributed by atoms with Crippen molar-refractivity contribution in [3.05, 3.63) is 28.1 Å². The minimum atomic E-state index is 0.570. The third-order valence-corrected chi connectivity index (χ3v) is 2.61. The van der Waals surface area contributed by atoms with E-state index in [4.69, 9.17) is 10.2 Å². The lowest BCUT2D eigenvalue weighted by molar-refractivity contribution is 0.533. The van der Waals surface area contributed by atoms with Gasteiger partial charge in [-0.1, -0.05) is 0 Å². The third-order valence-electron chi connectivity index (χ3n) is 1.81. The molecule has 4 heteroatoms. The van der Waals surface area contributed by atoms with E-state index in [-0.39, 0.29) is 0 Å². The average molecular weight is 193 g/mol. The first-order valence-corrected chi connectivity index (χ1v) is 4.55. The molecule has 0 amide bonds. The number of fused-ring (bicyclic) bond motifs is 1. The van der Waals surface area contributed by atoms with E-state index < -0.39 is 0 Å². The summed E-state index contributed by atoms with van der Waals surface area (Å²) in [5, 5.41) is 18.9. The number of benzene rings is 1. The molecule has 1 heterocycles. The number of rotatable bonds is 0. The van der Waals surface area contributed by atoms with Crippen LogP contribution in [0.4, 0.5) is 0 Å². The van der Waals surface area contributed by atoms with E-state index in [2.05, 4.69) is 4.98 Å². The minimum Gasteiger partial charge on any atom is -0.515 e. The van der Waals surface area contributed by atoms with Crippen molar-refractivity contribution in [1.29, 1.82) is 0 Å². The quantitative estimate of drug-likeness (QED) is 0.653. The zero-order valence-corrected chi connectivity index (χ0v) is 7.45. The van der Waals surface area contributed by atoms with Crippen LogP contribution in [0.1, 0.15) is 0 Å². The van der Waals surface area contributed by atoms with E-state index in [0.717, 1.165) is 22.7 Å². The molecule has 66 valence electrons. The van der Waals surface area contributed by atoms with Gasteiger partial charge in [0, 0.05) is 10.4 Å². The molecule has 0 atom stereocenters.